The largest absolute Gasteiger partial charge is 0.496 e. The van der Waals surface area contributed by atoms with Gasteiger partial charge in [-0.05, 0) is 18.1 Å². The summed E-state index contributed by atoms with van der Waals surface area (Å²) in [6.45, 7) is 2.15. The van der Waals surface area contributed by atoms with Crippen LogP contribution in [0.25, 0.3) is 0 Å². The molecule has 96 valence electrons. The number of aryl methyl sites for hydroxylation is 1. The van der Waals surface area contributed by atoms with Gasteiger partial charge in [-0.15, -0.1) is 0 Å². The van der Waals surface area contributed by atoms with Gasteiger partial charge in [-0.2, -0.15) is 0 Å². The molecule has 0 fully saturated rings. The van der Waals surface area contributed by atoms with Gasteiger partial charge >= 0.3 is 0 Å². The quantitative estimate of drug-likeness (QED) is 0.851. The summed E-state index contributed by atoms with van der Waals surface area (Å²) >= 11 is 0. The molecule has 1 aromatic carbocycles. The number of rotatable bonds is 5. The highest BCUT2D eigenvalue weighted by Crippen LogP contribution is 2.23. The van der Waals surface area contributed by atoms with Crippen LogP contribution in [-0.4, -0.2) is 24.1 Å². The van der Waals surface area contributed by atoms with Crippen molar-refractivity contribution in [3.8, 4) is 5.75 Å². The molecule has 0 aliphatic rings. The molecule has 2 aromatic rings. The highest BCUT2D eigenvalue weighted by Gasteiger charge is 2.07. The standard InChI is InChI=1S/C14H19N3O/c1-4-10-5-6-13(18-3)11(7-10)8-12-9-16-14(15-2)17-12/h5-7,9H,4,8H2,1-3H3,(H2,15,16,17). The molecule has 0 radical (unpaired) electrons. The highest BCUT2D eigenvalue weighted by molar-refractivity contribution is 5.40. The number of anilines is 1. The number of nitrogens with zero attached hydrogens (tertiary/aromatic N) is 1. The van der Waals surface area contributed by atoms with Crippen molar-refractivity contribution >= 4 is 5.95 Å². The first kappa shape index (κ1) is 12.5. The van der Waals surface area contributed by atoms with E-state index in [0.717, 1.165) is 30.2 Å². The summed E-state index contributed by atoms with van der Waals surface area (Å²) in [5.41, 5.74) is 3.58. The number of ether oxygens (including phenoxy) is 1. The summed E-state index contributed by atoms with van der Waals surface area (Å²) in [5.74, 6) is 1.71. The monoisotopic (exact) mass is 245 g/mol. The Bertz CT molecular complexity index is 520. The molecule has 0 spiro atoms. The smallest absolute Gasteiger partial charge is 0.200 e. The van der Waals surface area contributed by atoms with Gasteiger partial charge in [0, 0.05) is 24.7 Å². The number of methoxy groups -OCH3 is 1. The zero-order valence-corrected chi connectivity index (χ0v) is 11.1. The summed E-state index contributed by atoms with van der Waals surface area (Å²) < 4.78 is 5.40. The van der Waals surface area contributed by atoms with E-state index in [1.165, 1.54) is 11.1 Å². The predicted octanol–water partition coefficient (Wildman–Crippen LogP) is 2.61. The van der Waals surface area contributed by atoms with Crippen molar-refractivity contribution in [3.63, 3.8) is 0 Å². The van der Waals surface area contributed by atoms with Crippen LogP contribution in [0, 0.1) is 0 Å². The van der Waals surface area contributed by atoms with Crippen molar-refractivity contribution in [1.29, 1.82) is 0 Å². The highest BCUT2D eigenvalue weighted by atomic mass is 16.5. The summed E-state index contributed by atoms with van der Waals surface area (Å²) in [5, 5.41) is 2.99. The summed E-state index contributed by atoms with van der Waals surface area (Å²) in [6.07, 6.45) is 3.68. The number of benzene rings is 1. The topological polar surface area (TPSA) is 49.9 Å². The zero-order chi connectivity index (χ0) is 13.0. The lowest BCUT2D eigenvalue weighted by Gasteiger charge is -2.09. The van der Waals surface area contributed by atoms with Crippen LogP contribution < -0.4 is 10.1 Å². The minimum absolute atomic E-state index is 0.788. The number of imidazole rings is 1. The molecule has 0 bridgehead atoms. The van der Waals surface area contributed by atoms with E-state index in [0.29, 0.717) is 0 Å². The molecular weight excluding hydrogens is 226 g/mol. The fourth-order valence-corrected chi connectivity index (χ4v) is 1.97. The molecule has 18 heavy (non-hydrogen) atoms. The Hall–Kier alpha value is -1.97. The molecule has 0 atom stereocenters. The lowest BCUT2D eigenvalue weighted by atomic mass is 10.0. The second-order valence-corrected chi connectivity index (χ2v) is 4.18. The zero-order valence-electron chi connectivity index (χ0n) is 11.1. The van der Waals surface area contributed by atoms with Crippen LogP contribution in [0.4, 0.5) is 5.95 Å². The van der Waals surface area contributed by atoms with Gasteiger partial charge in [0.1, 0.15) is 5.75 Å². The van der Waals surface area contributed by atoms with E-state index in [4.69, 9.17) is 4.74 Å². The van der Waals surface area contributed by atoms with Crippen molar-refractivity contribution < 1.29 is 4.74 Å². The average Bonchev–Trinajstić information content (AvgIpc) is 2.86. The van der Waals surface area contributed by atoms with E-state index in [1.807, 2.05) is 19.3 Å². The molecule has 0 aliphatic carbocycles. The first-order chi connectivity index (χ1) is 8.76. The third kappa shape index (κ3) is 2.64. The van der Waals surface area contributed by atoms with Crippen molar-refractivity contribution in [2.75, 3.05) is 19.5 Å². The van der Waals surface area contributed by atoms with E-state index in [-0.39, 0.29) is 0 Å². The first-order valence-electron chi connectivity index (χ1n) is 6.14. The fourth-order valence-electron chi connectivity index (χ4n) is 1.97. The molecule has 0 unspecified atom stereocenters. The molecule has 2 N–H and O–H groups in total. The number of hydrogen-bond acceptors (Lipinski definition) is 3. The molecule has 4 nitrogen and oxygen atoms in total. The summed E-state index contributed by atoms with van der Waals surface area (Å²) in [7, 11) is 3.55. The maximum Gasteiger partial charge on any atom is 0.200 e. The number of aromatic nitrogens is 2. The number of H-pyrrole nitrogens is 1. The third-order valence-electron chi connectivity index (χ3n) is 3.00. The van der Waals surface area contributed by atoms with Crippen molar-refractivity contribution in [2.24, 2.45) is 0 Å². The Kier molecular flexibility index (Phi) is 3.87. The Labute approximate surface area is 107 Å². The molecule has 4 heteroatoms. The predicted molar refractivity (Wildman–Crippen MR) is 73.3 cm³/mol. The minimum Gasteiger partial charge on any atom is -0.496 e. The Morgan fingerprint density at radius 3 is 2.83 bits per heavy atom. The van der Waals surface area contributed by atoms with Crippen molar-refractivity contribution in [2.45, 2.75) is 19.8 Å². The Morgan fingerprint density at radius 1 is 1.39 bits per heavy atom. The van der Waals surface area contributed by atoms with Gasteiger partial charge in [0.05, 0.1) is 13.3 Å². The molecule has 1 heterocycles. The molecular formula is C14H19N3O. The maximum atomic E-state index is 5.40. The van der Waals surface area contributed by atoms with Gasteiger partial charge in [0.2, 0.25) is 0 Å². The number of nitrogens with one attached hydrogen (secondary N) is 2. The molecule has 2 rings (SSSR count). The fraction of sp³-hybridized carbons (Fsp3) is 0.357. The van der Waals surface area contributed by atoms with E-state index in [9.17, 15) is 0 Å². The van der Waals surface area contributed by atoms with Gasteiger partial charge in [0.25, 0.3) is 0 Å². The van der Waals surface area contributed by atoms with Crippen LogP contribution in [0.5, 0.6) is 5.75 Å². The van der Waals surface area contributed by atoms with Crippen molar-refractivity contribution in [1.82, 2.24) is 9.97 Å². The van der Waals surface area contributed by atoms with Crippen LogP contribution in [0.1, 0.15) is 23.7 Å². The van der Waals surface area contributed by atoms with Crippen LogP contribution in [-0.2, 0) is 12.8 Å². The van der Waals surface area contributed by atoms with Crippen LogP contribution in [0.3, 0.4) is 0 Å². The van der Waals surface area contributed by atoms with Gasteiger partial charge in [0.15, 0.2) is 5.95 Å². The number of hydrogen-bond donors (Lipinski definition) is 2. The Balaban J connectivity index is 2.25. The van der Waals surface area contributed by atoms with Gasteiger partial charge < -0.3 is 15.0 Å². The van der Waals surface area contributed by atoms with E-state index in [2.05, 4.69) is 34.3 Å². The van der Waals surface area contributed by atoms with Crippen LogP contribution in [0.15, 0.2) is 24.4 Å². The Morgan fingerprint density at radius 2 is 2.22 bits per heavy atom. The lowest BCUT2D eigenvalue weighted by molar-refractivity contribution is 0.410. The van der Waals surface area contributed by atoms with Crippen LogP contribution in [0.2, 0.25) is 0 Å². The third-order valence-corrected chi connectivity index (χ3v) is 3.00. The van der Waals surface area contributed by atoms with E-state index < -0.39 is 0 Å². The SMILES string of the molecule is CCc1ccc(OC)c(Cc2cnc(NC)[nH]2)c1. The molecule has 0 amide bonds. The number of aromatic amines is 1. The first-order valence-corrected chi connectivity index (χ1v) is 6.14. The van der Waals surface area contributed by atoms with Gasteiger partial charge in [-0.1, -0.05) is 19.1 Å². The van der Waals surface area contributed by atoms with Gasteiger partial charge in [-0.3, -0.25) is 0 Å². The van der Waals surface area contributed by atoms with E-state index in [1.54, 1.807) is 7.11 Å². The normalized spacial score (nSPS) is 10.4. The molecule has 0 aliphatic heterocycles. The summed E-state index contributed by atoms with van der Waals surface area (Å²) in [4.78, 5) is 7.44. The maximum absolute atomic E-state index is 5.40. The van der Waals surface area contributed by atoms with Crippen molar-refractivity contribution in [3.05, 3.63) is 41.2 Å². The summed E-state index contributed by atoms with van der Waals surface area (Å²) in [6, 6.07) is 6.33. The van der Waals surface area contributed by atoms with Gasteiger partial charge in [-0.25, -0.2) is 4.98 Å². The molecule has 0 saturated carbocycles. The second kappa shape index (κ2) is 5.58. The molecule has 0 saturated heterocycles. The molecule has 1 aromatic heterocycles. The van der Waals surface area contributed by atoms with E-state index >= 15 is 0 Å². The second-order valence-electron chi connectivity index (χ2n) is 4.18. The van der Waals surface area contributed by atoms with Crippen LogP contribution >= 0.6 is 0 Å². The lowest BCUT2D eigenvalue weighted by Crippen LogP contribution is -1.96. The minimum atomic E-state index is 0.788. The average molecular weight is 245 g/mol.